The van der Waals surface area contributed by atoms with Gasteiger partial charge in [-0.1, -0.05) is 12.8 Å². The second kappa shape index (κ2) is 7.29. The molecule has 0 nitrogen and oxygen atoms in total. The number of fused-ring (bicyclic) bond motifs is 2. The van der Waals surface area contributed by atoms with Gasteiger partial charge in [0.25, 0.3) is 0 Å². The molecular weight excluding hydrogens is 513 g/mol. The summed E-state index contributed by atoms with van der Waals surface area (Å²) < 4.78 is 6.11. The summed E-state index contributed by atoms with van der Waals surface area (Å²) in [4.78, 5) is 4.61. The molecule has 7 heteroatoms. The van der Waals surface area contributed by atoms with Gasteiger partial charge in [0.1, 0.15) is 0 Å². The van der Waals surface area contributed by atoms with Crippen LogP contribution in [0.15, 0.2) is 5.38 Å². The highest BCUT2D eigenvalue weighted by atomic mass is 32.2. The standard InChI is InChI=1S/C24H20S7/c1-10-14-15-11(2)28-23-19(15)20-16(12-9-26-21-17(12)18(14)22(27-10)30-21)13(29-24(20)31-23)7-5-3-4-6-8-25/h9,25H,3-8H2,1-2H3. The van der Waals surface area contributed by atoms with Crippen molar-refractivity contribution in [3.63, 3.8) is 0 Å². The lowest BCUT2D eigenvalue weighted by atomic mass is 9.99. The van der Waals surface area contributed by atoms with E-state index in [-0.39, 0.29) is 0 Å². The Bertz CT molecular complexity index is 1720. The maximum absolute atomic E-state index is 4.38. The molecule has 158 valence electrons. The number of unbranched alkanes of at least 4 members (excludes halogenated alkanes) is 3. The van der Waals surface area contributed by atoms with Crippen LogP contribution in [-0.4, -0.2) is 5.75 Å². The number of hydrogen-bond donors (Lipinski definition) is 1. The van der Waals surface area contributed by atoms with E-state index in [1.165, 1.54) is 59.3 Å². The Morgan fingerprint density at radius 3 is 1.97 bits per heavy atom. The van der Waals surface area contributed by atoms with Crippen molar-refractivity contribution in [2.75, 3.05) is 5.75 Å². The van der Waals surface area contributed by atoms with Crippen molar-refractivity contribution in [2.45, 2.75) is 46.0 Å². The third-order valence-electron chi connectivity index (χ3n) is 6.51. The first-order valence-corrected chi connectivity index (χ1v) is 16.3. The van der Waals surface area contributed by atoms with E-state index in [1.54, 1.807) is 46.6 Å². The lowest BCUT2D eigenvalue weighted by molar-refractivity contribution is 0.675. The van der Waals surface area contributed by atoms with Crippen LogP contribution in [0.25, 0.3) is 59.1 Å². The molecule has 1 aromatic carbocycles. The van der Waals surface area contributed by atoms with Crippen LogP contribution < -0.4 is 0 Å². The minimum atomic E-state index is 1.02. The Balaban J connectivity index is 1.63. The molecule has 0 bridgehead atoms. The third-order valence-corrected chi connectivity index (χ3v) is 14.0. The molecule has 0 N–H and O–H groups in total. The Kier molecular flexibility index (Phi) is 4.71. The zero-order chi connectivity index (χ0) is 20.9. The highest BCUT2D eigenvalue weighted by Gasteiger charge is 2.26. The smallest absolute Gasteiger partial charge is 0.0895 e. The van der Waals surface area contributed by atoms with E-state index < -0.39 is 0 Å². The van der Waals surface area contributed by atoms with E-state index in [2.05, 4.69) is 43.2 Å². The molecular formula is C24H20S7. The van der Waals surface area contributed by atoms with E-state index in [1.807, 2.05) is 56.7 Å². The molecule has 0 saturated carbocycles. The first-order chi connectivity index (χ1) is 15.2. The van der Waals surface area contributed by atoms with E-state index >= 15 is 0 Å². The molecule has 6 heterocycles. The van der Waals surface area contributed by atoms with Crippen molar-refractivity contribution in [3.8, 4) is 0 Å². The molecule has 0 saturated heterocycles. The van der Waals surface area contributed by atoms with Gasteiger partial charge in [0.2, 0.25) is 0 Å². The Labute approximate surface area is 209 Å². The van der Waals surface area contributed by atoms with Crippen molar-refractivity contribution >= 4 is 140 Å². The second-order valence-corrected chi connectivity index (χ2v) is 16.3. The van der Waals surface area contributed by atoms with Crippen LogP contribution in [0, 0.1) is 13.8 Å². The Morgan fingerprint density at radius 2 is 1.23 bits per heavy atom. The number of thiophene rings is 6. The molecule has 0 aliphatic rings. The minimum Gasteiger partial charge on any atom is -0.179 e. The van der Waals surface area contributed by atoms with Gasteiger partial charge in [-0.2, -0.15) is 12.6 Å². The van der Waals surface area contributed by atoms with Gasteiger partial charge in [-0.3, -0.25) is 0 Å². The molecule has 6 aromatic heterocycles. The molecule has 0 radical (unpaired) electrons. The summed E-state index contributed by atoms with van der Waals surface area (Å²) in [7, 11) is 0. The average molecular weight is 533 g/mol. The van der Waals surface area contributed by atoms with Gasteiger partial charge in [0.15, 0.2) is 0 Å². The van der Waals surface area contributed by atoms with Crippen LogP contribution in [0.1, 0.15) is 40.3 Å². The van der Waals surface area contributed by atoms with Crippen molar-refractivity contribution in [1.82, 2.24) is 0 Å². The first kappa shape index (κ1) is 20.0. The molecule has 0 unspecified atom stereocenters. The predicted molar refractivity (Wildman–Crippen MR) is 155 cm³/mol. The number of hydrogen-bond acceptors (Lipinski definition) is 7. The van der Waals surface area contributed by atoms with Crippen LogP contribution in [0.5, 0.6) is 0 Å². The average Bonchev–Trinajstić information content (AvgIpc) is 3.50. The summed E-state index contributed by atoms with van der Waals surface area (Å²) in [5, 5.41) is 14.9. The fraction of sp³-hybridized carbons (Fsp3) is 0.333. The fourth-order valence-corrected chi connectivity index (χ4v) is 13.9. The summed E-state index contributed by atoms with van der Waals surface area (Å²) >= 11 is 16.5. The summed E-state index contributed by atoms with van der Waals surface area (Å²) in [6, 6.07) is 0. The molecule has 0 spiro atoms. The summed E-state index contributed by atoms with van der Waals surface area (Å²) in [6.07, 6.45) is 6.38. The quantitative estimate of drug-likeness (QED) is 0.160. The van der Waals surface area contributed by atoms with Crippen molar-refractivity contribution < 1.29 is 0 Å². The maximum atomic E-state index is 4.38. The molecule has 0 amide bonds. The predicted octanol–water partition coefficient (Wildman–Crippen LogP) is 11.1. The number of rotatable bonds is 6. The van der Waals surface area contributed by atoms with Crippen LogP contribution in [0.3, 0.4) is 0 Å². The van der Waals surface area contributed by atoms with E-state index in [0.29, 0.717) is 0 Å². The monoisotopic (exact) mass is 532 g/mol. The first-order valence-electron chi connectivity index (χ1n) is 10.7. The number of aryl methyl sites for hydroxylation is 3. The highest BCUT2D eigenvalue weighted by Crippen LogP contribution is 2.57. The molecule has 0 aliphatic heterocycles. The largest absolute Gasteiger partial charge is 0.179 e. The molecule has 31 heavy (non-hydrogen) atoms. The van der Waals surface area contributed by atoms with Gasteiger partial charge in [-0.05, 0) is 38.9 Å². The van der Waals surface area contributed by atoms with Crippen molar-refractivity contribution in [2.24, 2.45) is 0 Å². The van der Waals surface area contributed by atoms with Gasteiger partial charge in [0.05, 0.1) is 16.1 Å². The number of thiol groups is 1. The van der Waals surface area contributed by atoms with Crippen LogP contribution >= 0.6 is 80.6 Å². The van der Waals surface area contributed by atoms with Gasteiger partial charge in [0, 0.05) is 63.1 Å². The Hall–Kier alpha value is -0.410. The summed E-state index contributed by atoms with van der Waals surface area (Å²) in [6.45, 7) is 4.68. The zero-order valence-corrected chi connectivity index (χ0v) is 23.0. The minimum absolute atomic E-state index is 1.02. The third kappa shape index (κ3) is 2.69. The summed E-state index contributed by atoms with van der Waals surface area (Å²) in [5.74, 6) is 1.02. The fourth-order valence-electron chi connectivity index (χ4n) is 5.21. The zero-order valence-electron chi connectivity index (χ0n) is 17.2. The van der Waals surface area contributed by atoms with Gasteiger partial charge in [-0.25, -0.2) is 0 Å². The topological polar surface area (TPSA) is 0 Å². The van der Waals surface area contributed by atoms with Gasteiger partial charge in [-0.15, -0.1) is 68.0 Å². The highest BCUT2D eigenvalue weighted by molar-refractivity contribution is 7.80. The van der Waals surface area contributed by atoms with E-state index in [4.69, 9.17) is 0 Å². The van der Waals surface area contributed by atoms with Gasteiger partial charge < -0.3 is 0 Å². The molecule has 0 aliphatic carbocycles. The SMILES string of the molecule is Cc1sc2sc3scc4c5c(CCCCCCS)sc6sc7sc(C)c(c1c2c34)c7c65. The van der Waals surface area contributed by atoms with Crippen molar-refractivity contribution in [1.29, 1.82) is 0 Å². The van der Waals surface area contributed by atoms with Crippen LogP contribution in [0.4, 0.5) is 0 Å². The summed E-state index contributed by atoms with van der Waals surface area (Å²) in [5.41, 5.74) is 0. The van der Waals surface area contributed by atoms with E-state index in [0.717, 1.165) is 5.75 Å². The maximum Gasteiger partial charge on any atom is 0.0895 e. The van der Waals surface area contributed by atoms with Crippen LogP contribution in [-0.2, 0) is 6.42 Å². The van der Waals surface area contributed by atoms with Crippen molar-refractivity contribution in [3.05, 3.63) is 20.0 Å². The molecule has 0 atom stereocenters. The lowest BCUT2D eigenvalue weighted by Gasteiger charge is -2.03. The normalized spacial score (nSPS) is 13.1. The molecule has 7 rings (SSSR count). The second-order valence-electron chi connectivity index (χ2n) is 8.36. The van der Waals surface area contributed by atoms with Gasteiger partial charge >= 0.3 is 0 Å². The Morgan fingerprint density at radius 1 is 0.613 bits per heavy atom. The van der Waals surface area contributed by atoms with E-state index in [9.17, 15) is 0 Å². The molecule has 0 fully saturated rings. The molecule has 7 aromatic rings. The van der Waals surface area contributed by atoms with Crippen LogP contribution in [0.2, 0.25) is 0 Å². The lowest BCUT2D eigenvalue weighted by Crippen LogP contribution is -1.84.